The molecule has 96 valence electrons. The maximum Gasteiger partial charge on any atom is 0.0790 e. The van der Waals surface area contributed by atoms with Crippen LogP contribution in [0.5, 0.6) is 0 Å². The second-order valence-corrected chi connectivity index (χ2v) is 4.74. The summed E-state index contributed by atoms with van der Waals surface area (Å²) in [5.74, 6) is 0. The summed E-state index contributed by atoms with van der Waals surface area (Å²) in [6.07, 6.45) is 8.03. The van der Waals surface area contributed by atoms with E-state index in [2.05, 4.69) is 6.92 Å². The highest BCUT2D eigenvalue weighted by atomic mass is 16.3. The van der Waals surface area contributed by atoms with E-state index in [0.717, 1.165) is 24.1 Å². The maximum absolute atomic E-state index is 9.99. The van der Waals surface area contributed by atoms with Crippen LogP contribution in [0.3, 0.4) is 0 Å². The molecule has 1 unspecified atom stereocenters. The third-order valence-corrected chi connectivity index (χ3v) is 3.13. The van der Waals surface area contributed by atoms with E-state index in [4.69, 9.17) is 5.73 Å². The third kappa shape index (κ3) is 5.73. The molecule has 0 aliphatic carbocycles. The van der Waals surface area contributed by atoms with Gasteiger partial charge in [-0.3, -0.25) is 0 Å². The van der Waals surface area contributed by atoms with Gasteiger partial charge in [-0.05, 0) is 24.1 Å². The molecule has 0 radical (unpaired) electrons. The fourth-order valence-corrected chi connectivity index (χ4v) is 2.05. The predicted molar refractivity (Wildman–Crippen MR) is 73.8 cm³/mol. The van der Waals surface area contributed by atoms with Gasteiger partial charge in [0, 0.05) is 5.69 Å². The summed E-state index contributed by atoms with van der Waals surface area (Å²) in [7, 11) is 0. The minimum absolute atomic E-state index is 0.357. The molecule has 1 atom stereocenters. The van der Waals surface area contributed by atoms with Gasteiger partial charge in [-0.2, -0.15) is 0 Å². The van der Waals surface area contributed by atoms with E-state index in [0.29, 0.717) is 0 Å². The number of nitrogens with two attached hydrogens (primary N) is 1. The van der Waals surface area contributed by atoms with Crippen LogP contribution in [0.25, 0.3) is 0 Å². The Balaban J connectivity index is 2.19. The van der Waals surface area contributed by atoms with E-state index in [1.54, 1.807) is 0 Å². The smallest absolute Gasteiger partial charge is 0.0790 e. The van der Waals surface area contributed by atoms with E-state index in [1.165, 1.54) is 32.1 Å². The van der Waals surface area contributed by atoms with Gasteiger partial charge >= 0.3 is 0 Å². The van der Waals surface area contributed by atoms with Gasteiger partial charge in [-0.1, -0.05) is 57.6 Å². The van der Waals surface area contributed by atoms with Gasteiger partial charge < -0.3 is 10.8 Å². The van der Waals surface area contributed by atoms with Crippen LogP contribution in [0.4, 0.5) is 5.69 Å². The Labute approximate surface area is 105 Å². The highest BCUT2D eigenvalue weighted by Crippen LogP contribution is 2.21. The van der Waals surface area contributed by atoms with Crippen molar-refractivity contribution >= 4 is 5.69 Å². The van der Waals surface area contributed by atoms with Gasteiger partial charge in [-0.15, -0.1) is 0 Å². The van der Waals surface area contributed by atoms with Crippen molar-refractivity contribution in [2.24, 2.45) is 0 Å². The number of hydrogen-bond acceptors (Lipinski definition) is 2. The Morgan fingerprint density at radius 3 is 2.53 bits per heavy atom. The second kappa shape index (κ2) is 8.13. The first kappa shape index (κ1) is 14.0. The van der Waals surface area contributed by atoms with Crippen molar-refractivity contribution in [2.45, 2.75) is 58.0 Å². The SMILES string of the molecule is CCCCCCCCC(O)c1cccc(N)c1. The zero-order chi connectivity index (χ0) is 12.5. The molecule has 0 aliphatic heterocycles. The van der Waals surface area contributed by atoms with Crippen molar-refractivity contribution in [3.63, 3.8) is 0 Å². The molecule has 3 N–H and O–H groups in total. The van der Waals surface area contributed by atoms with Gasteiger partial charge in [0.1, 0.15) is 0 Å². The van der Waals surface area contributed by atoms with Gasteiger partial charge in [0.25, 0.3) is 0 Å². The van der Waals surface area contributed by atoms with Crippen molar-refractivity contribution in [1.29, 1.82) is 0 Å². The van der Waals surface area contributed by atoms with Crippen LogP contribution in [0, 0.1) is 0 Å². The van der Waals surface area contributed by atoms with Gasteiger partial charge in [-0.25, -0.2) is 0 Å². The molecule has 1 aromatic carbocycles. The van der Waals surface area contributed by atoms with E-state index < -0.39 is 0 Å². The molecular weight excluding hydrogens is 210 g/mol. The lowest BCUT2D eigenvalue weighted by molar-refractivity contribution is 0.163. The van der Waals surface area contributed by atoms with E-state index in [1.807, 2.05) is 24.3 Å². The lowest BCUT2D eigenvalue weighted by Crippen LogP contribution is -1.98. The minimum Gasteiger partial charge on any atom is -0.399 e. The molecular formula is C15H25NO. The zero-order valence-electron chi connectivity index (χ0n) is 10.9. The first-order valence-corrected chi connectivity index (χ1v) is 6.77. The monoisotopic (exact) mass is 235 g/mol. The van der Waals surface area contributed by atoms with E-state index in [-0.39, 0.29) is 6.10 Å². The fraction of sp³-hybridized carbons (Fsp3) is 0.600. The summed E-state index contributed by atoms with van der Waals surface area (Å²) < 4.78 is 0. The van der Waals surface area contributed by atoms with Crippen LogP contribution in [0.2, 0.25) is 0 Å². The number of nitrogen functional groups attached to an aromatic ring is 1. The Bertz CT molecular complexity index is 312. The molecule has 0 heterocycles. The highest BCUT2D eigenvalue weighted by molar-refractivity contribution is 5.41. The lowest BCUT2D eigenvalue weighted by Gasteiger charge is -2.11. The summed E-state index contributed by atoms with van der Waals surface area (Å²) in [5.41, 5.74) is 7.36. The largest absolute Gasteiger partial charge is 0.399 e. The topological polar surface area (TPSA) is 46.2 Å². The highest BCUT2D eigenvalue weighted by Gasteiger charge is 2.06. The Kier molecular flexibility index (Phi) is 6.71. The van der Waals surface area contributed by atoms with Crippen LogP contribution >= 0.6 is 0 Å². The zero-order valence-corrected chi connectivity index (χ0v) is 10.9. The summed E-state index contributed by atoms with van der Waals surface area (Å²) in [6, 6.07) is 7.55. The van der Waals surface area contributed by atoms with Crippen LogP contribution in [-0.2, 0) is 0 Å². The van der Waals surface area contributed by atoms with Crippen molar-refractivity contribution in [3.8, 4) is 0 Å². The van der Waals surface area contributed by atoms with Gasteiger partial charge in [0.05, 0.1) is 6.10 Å². The first-order valence-electron chi connectivity index (χ1n) is 6.77. The Hall–Kier alpha value is -1.02. The van der Waals surface area contributed by atoms with Crippen molar-refractivity contribution < 1.29 is 5.11 Å². The molecule has 0 saturated carbocycles. The average molecular weight is 235 g/mol. The number of aliphatic hydroxyl groups excluding tert-OH is 1. The molecule has 0 bridgehead atoms. The molecule has 17 heavy (non-hydrogen) atoms. The normalized spacial score (nSPS) is 12.6. The molecule has 1 aromatic rings. The van der Waals surface area contributed by atoms with Crippen molar-refractivity contribution in [3.05, 3.63) is 29.8 Å². The molecule has 0 amide bonds. The Morgan fingerprint density at radius 2 is 1.82 bits per heavy atom. The number of anilines is 1. The second-order valence-electron chi connectivity index (χ2n) is 4.74. The molecule has 2 heteroatoms. The maximum atomic E-state index is 9.99. The van der Waals surface area contributed by atoms with Crippen LogP contribution in [0.1, 0.15) is 63.5 Å². The summed E-state index contributed by atoms with van der Waals surface area (Å²) in [6.45, 7) is 2.23. The number of aliphatic hydroxyl groups is 1. The van der Waals surface area contributed by atoms with Crippen molar-refractivity contribution in [2.75, 3.05) is 5.73 Å². The molecule has 0 spiro atoms. The first-order chi connectivity index (χ1) is 8.24. The summed E-state index contributed by atoms with van der Waals surface area (Å²) >= 11 is 0. The van der Waals surface area contributed by atoms with Gasteiger partial charge in [0.15, 0.2) is 0 Å². The molecule has 0 aromatic heterocycles. The lowest BCUT2D eigenvalue weighted by atomic mass is 10.0. The fourth-order valence-electron chi connectivity index (χ4n) is 2.05. The van der Waals surface area contributed by atoms with E-state index in [9.17, 15) is 5.11 Å². The van der Waals surface area contributed by atoms with Crippen LogP contribution < -0.4 is 5.73 Å². The molecule has 0 aliphatic rings. The van der Waals surface area contributed by atoms with Crippen LogP contribution in [-0.4, -0.2) is 5.11 Å². The molecule has 1 rings (SSSR count). The number of unbranched alkanes of at least 4 members (excludes halogenated alkanes) is 5. The molecule has 0 fully saturated rings. The third-order valence-electron chi connectivity index (χ3n) is 3.13. The molecule has 0 saturated heterocycles. The van der Waals surface area contributed by atoms with E-state index >= 15 is 0 Å². The quantitative estimate of drug-likeness (QED) is 0.527. The summed E-state index contributed by atoms with van der Waals surface area (Å²) in [5, 5.41) is 9.99. The van der Waals surface area contributed by atoms with Crippen LogP contribution in [0.15, 0.2) is 24.3 Å². The number of rotatable bonds is 8. The minimum atomic E-state index is -0.357. The molecule has 2 nitrogen and oxygen atoms in total. The Morgan fingerprint density at radius 1 is 1.12 bits per heavy atom. The van der Waals surface area contributed by atoms with Gasteiger partial charge in [0.2, 0.25) is 0 Å². The standard InChI is InChI=1S/C15H25NO/c1-2-3-4-5-6-7-11-15(17)13-9-8-10-14(16)12-13/h8-10,12,15,17H,2-7,11,16H2,1H3. The number of benzene rings is 1. The summed E-state index contributed by atoms with van der Waals surface area (Å²) in [4.78, 5) is 0. The number of hydrogen-bond donors (Lipinski definition) is 2. The van der Waals surface area contributed by atoms with Crippen molar-refractivity contribution in [1.82, 2.24) is 0 Å². The average Bonchev–Trinajstić information content (AvgIpc) is 2.33. The predicted octanol–water partition coefficient (Wildman–Crippen LogP) is 4.05.